The predicted molar refractivity (Wildman–Crippen MR) is 76.4 cm³/mol. The van der Waals surface area contributed by atoms with Gasteiger partial charge in [-0.25, -0.2) is 0 Å². The van der Waals surface area contributed by atoms with E-state index >= 15 is 0 Å². The van der Waals surface area contributed by atoms with E-state index in [1.54, 1.807) is 0 Å². The van der Waals surface area contributed by atoms with Crippen LogP contribution in [0.3, 0.4) is 0 Å². The maximum absolute atomic E-state index is 3.48. The van der Waals surface area contributed by atoms with E-state index in [0.29, 0.717) is 0 Å². The van der Waals surface area contributed by atoms with Gasteiger partial charge in [-0.05, 0) is 76.7 Å². The van der Waals surface area contributed by atoms with Crippen molar-refractivity contribution in [3.8, 4) is 0 Å². The van der Waals surface area contributed by atoms with Crippen molar-refractivity contribution < 1.29 is 0 Å². The van der Waals surface area contributed by atoms with Crippen molar-refractivity contribution in [1.82, 2.24) is 10.2 Å². The lowest BCUT2D eigenvalue weighted by Gasteiger charge is -2.33. The molecule has 2 nitrogen and oxygen atoms in total. The van der Waals surface area contributed by atoms with Crippen molar-refractivity contribution in [2.45, 2.75) is 52.9 Å². The average molecular weight is 240 g/mol. The largest absolute Gasteiger partial charge is 0.317 e. The number of likely N-dealkylation sites (tertiary alicyclic amines) is 1. The highest BCUT2D eigenvalue weighted by molar-refractivity contribution is 4.74. The number of nitrogens with one attached hydrogen (secondary N) is 1. The molecule has 1 rings (SSSR count). The van der Waals surface area contributed by atoms with E-state index in [1.807, 2.05) is 0 Å². The molecule has 0 radical (unpaired) electrons. The maximum Gasteiger partial charge on any atom is -0.00160 e. The van der Waals surface area contributed by atoms with E-state index in [2.05, 4.69) is 31.0 Å². The van der Waals surface area contributed by atoms with Crippen LogP contribution in [0.25, 0.3) is 0 Å². The SMILES string of the molecule is CCCNCCCCN1CCC(C(C)C)CC1. The molecule has 1 N–H and O–H groups in total. The summed E-state index contributed by atoms with van der Waals surface area (Å²) in [6, 6.07) is 0. The Bertz CT molecular complexity index is 172. The van der Waals surface area contributed by atoms with Gasteiger partial charge in [-0.2, -0.15) is 0 Å². The molecule has 0 aromatic heterocycles. The van der Waals surface area contributed by atoms with Crippen LogP contribution < -0.4 is 5.32 Å². The standard InChI is InChI=1S/C15H32N2/c1-4-9-16-10-5-6-11-17-12-7-15(8-13-17)14(2)3/h14-16H,4-13H2,1-3H3. The zero-order valence-electron chi connectivity index (χ0n) is 12.2. The molecule has 0 atom stereocenters. The van der Waals surface area contributed by atoms with Gasteiger partial charge in [0.15, 0.2) is 0 Å². The summed E-state index contributed by atoms with van der Waals surface area (Å²) in [5.74, 6) is 1.87. The van der Waals surface area contributed by atoms with Crippen molar-refractivity contribution in [3.05, 3.63) is 0 Å². The lowest BCUT2D eigenvalue weighted by Crippen LogP contribution is -2.36. The molecular formula is C15H32N2. The van der Waals surface area contributed by atoms with Gasteiger partial charge in [0.2, 0.25) is 0 Å². The van der Waals surface area contributed by atoms with Crippen molar-refractivity contribution >= 4 is 0 Å². The Balaban J connectivity index is 1.95. The molecule has 0 bridgehead atoms. The lowest BCUT2D eigenvalue weighted by atomic mass is 9.87. The van der Waals surface area contributed by atoms with Crippen molar-refractivity contribution in [3.63, 3.8) is 0 Å². The molecule has 0 unspecified atom stereocenters. The number of unbranched alkanes of at least 4 members (excludes halogenated alkanes) is 1. The first-order valence-electron chi connectivity index (χ1n) is 7.67. The van der Waals surface area contributed by atoms with Gasteiger partial charge in [0.1, 0.15) is 0 Å². The molecule has 1 fully saturated rings. The smallest absolute Gasteiger partial charge is 0.00160 e. The van der Waals surface area contributed by atoms with Gasteiger partial charge in [0.05, 0.1) is 0 Å². The number of nitrogens with zero attached hydrogens (tertiary/aromatic N) is 1. The van der Waals surface area contributed by atoms with Crippen LogP contribution in [0.5, 0.6) is 0 Å². The summed E-state index contributed by atoms with van der Waals surface area (Å²) >= 11 is 0. The van der Waals surface area contributed by atoms with Crippen LogP contribution in [0.2, 0.25) is 0 Å². The molecule has 0 spiro atoms. The van der Waals surface area contributed by atoms with Crippen LogP contribution in [0.4, 0.5) is 0 Å². The van der Waals surface area contributed by atoms with Gasteiger partial charge in [-0.1, -0.05) is 20.8 Å². The Morgan fingerprint density at radius 2 is 1.82 bits per heavy atom. The second-order valence-electron chi connectivity index (χ2n) is 5.88. The summed E-state index contributed by atoms with van der Waals surface area (Å²) < 4.78 is 0. The summed E-state index contributed by atoms with van der Waals surface area (Å²) in [5.41, 5.74) is 0. The van der Waals surface area contributed by atoms with E-state index in [0.717, 1.165) is 11.8 Å². The molecule has 0 saturated carbocycles. The number of hydrogen-bond acceptors (Lipinski definition) is 2. The molecule has 0 aliphatic carbocycles. The third-order valence-electron chi connectivity index (χ3n) is 4.08. The van der Waals surface area contributed by atoms with Crippen LogP contribution in [0, 0.1) is 11.8 Å². The molecule has 1 heterocycles. The highest BCUT2D eigenvalue weighted by Crippen LogP contribution is 2.24. The summed E-state index contributed by atoms with van der Waals surface area (Å²) in [5, 5.41) is 3.48. The van der Waals surface area contributed by atoms with E-state index in [-0.39, 0.29) is 0 Å². The Hall–Kier alpha value is -0.0800. The summed E-state index contributed by atoms with van der Waals surface area (Å²) in [6.45, 7) is 13.4. The van der Waals surface area contributed by atoms with Crippen LogP contribution in [-0.2, 0) is 0 Å². The third-order valence-corrected chi connectivity index (χ3v) is 4.08. The Labute approximate surface area is 108 Å². The molecule has 0 amide bonds. The van der Waals surface area contributed by atoms with Gasteiger partial charge < -0.3 is 10.2 Å². The quantitative estimate of drug-likeness (QED) is 0.656. The highest BCUT2D eigenvalue weighted by Gasteiger charge is 2.20. The Morgan fingerprint density at radius 3 is 2.41 bits per heavy atom. The Kier molecular flexibility index (Phi) is 7.87. The summed E-state index contributed by atoms with van der Waals surface area (Å²) in [6.07, 6.45) is 6.80. The first-order chi connectivity index (χ1) is 8.24. The molecule has 1 aliphatic heterocycles. The topological polar surface area (TPSA) is 15.3 Å². The van der Waals surface area contributed by atoms with Crippen molar-refractivity contribution in [2.75, 3.05) is 32.7 Å². The van der Waals surface area contributed by atoms with E-state index in [9.17, 15) is 0 Å². The van der Waals surface area contributed by atoms with E-state index < -0.39 is 0 Å². The summed E-state index contributed by atoms with van der Waals surface area (Å²) in [7, 11) is 0. The third kappa shape index (κ3) is 6.42. The fraction of sp³-hybridized carbons (Fsp3) is 1.00. The molecule has 1 saturated heterocycles. The zero-order valence-corrected chi connectivity index (χ0v) is 12.2. The minimum absolute atomic E-state index is 0.885. The second-order valence-corrected chi connectivity index (χ2v) is 5.88. The normalized spacial score (nSPS) is 19.1. The first-order valence-corrected chi connectivity index (χ1v) is 7.67. The van der Waals surface area contributed by atoms with Gasteiger partial charge in [0, 0.05) is 0 Å². The molecule has 2 heteroatoms. The fourth-order valence-corrected chi connectivity index (χ4v) is 2.73. The van der Waals surface area contributed by atoms with E-state index in [1.165, 1.54) is 64.8 Å². The molecular weight excluding hydrogens is 208 g/mol. The van der Waals surface area contributed by atoms with Crippen LogP contribution >= 0.6 is 0 Å². The lowest BCUT2D eigenvalue weighted by molar-refractivity contribution is 0.156. The molecule has 1 aliphatic rings. The maximum atomic E-state index is 3.48. The molecule has 0 aromatic carbocycles. The molecule has 0 aromatic rings. The number of hydrogen-bond donors (Lipinski definition) is 1. The highest BCUT2D eigenvalue weighted by atomic mass is 15.1. The number of rotatable bonds is 8. The predicted octanol–water partition coefficient (Wildman–Crippen LogP) is 3.13. The fourth-order valence-electron chi connectivity index (χ4n) is 2.73. The van der Waals surface area contributed by atoms with Gasteiger partial charge in [-0.3, -0.25) is 0 Å². The minimum atomic E-state index is 0.885. The van der Waals surface area contributed by atoms with Crippen LogP contribution in [-0.4, -0.2) is 37.6 Å². The average Bonchev–Trinajstić information content (AvgIpc) is 2.34. The van der Waals surface area contributed by atoms with Gasteiger partial charge in [-0.15, -0.1) is 0 Å². The van der Waals surface area contributed by atoms with Crippen molar-refractivity contribution in [2.24, 2.45) is 11.8 Å². The van der Waals surface area contributed by atoms with Crippen LogP contribution in [0.1, 0.15) is 52.9 Å². The number of piperidine rings is 1. The summed E-state index contributed by atoms with van der Waals surface area (Å²) in [4.78, 5) is 2.67. The minimum Gasteiger partial charge on any atom is -0.317 e. The molecule has 102 valence electrons. The van der Waals surface area contributed by atoms with Gasteiger partial charge >= 0.3 is 0 Å². The second kappa shape index (κ2) is 8.93. The molecule has 17 heavy (non-hydrogen) atoms. The van der Waals surface area contributed by atoms with Crippen LogP contribution in [0.15, 0.2) is 0 Å². The van der Waals surface area contributed by atoms with E-state index in [4.69, 9.17) is 0 Å². The van der Waals surface area contributed by atoms with Gasteiger partial charge in [0.25, 0.3) is 0 Å². The first kappa shape index (κ1) is 15.0. The monoisotopic (exact) mass is 240 g/mol. The Morgan fingerprint density at radius 1 is 1.12 bits per heavy atom. The van der Waals surface area contributed by atoms with Crippen molar-refractivity contribution in [1.29, 1.82) is 0 Å². The zero-order chi connectivity index (χ0) is 12.5.